The van der Waals surface area contributed by atoms with Crippen molar-refractivity contribution in [3.63, 3.8) is 0 Å². The van der Waals surface area contributed by atoms with Gasteiger partial charge in [0.2, 0.25) is 0 Å². The Balaban J connectivity index is 1.32. The maximum absolute atomic E-state index is 6.53. The average Bonchev–Trinajstić information content (AvgIpc) is 3.45. The average molecular weight is 536 g/mol. The van der Waals surface area contributed by atoms with Crippen LogP contribution in [0, 0.1) is 0 Å². The third-order valence-corrected chi connectivity index (χ3v) is 8.57. The van der Waals surface area contributed by atoms with E-state index >= 15 is 0 Å². The number of benzene rings is 8. The molecule has 9 rings (SSSR count). The zero-order valence-corrected chi connectivity index (χ0v) is 22.8. The van der Waals surface area contributed by atoms with Crippen molar-refractivity contribution in [1.82, 2.24) is 0 Å². The van der Waals surface area contributed by atoms with E-state index in [2.05, 4.69) is 150 Å². The van der Waals surface area contributed by atoms with Crippen LogP contribution in [0.25, 0.3) is 65.0 Å². The molecule has 0 atom stereocenters. The fourth-order valence-corrected chi connectivity index (χ4v) is 6.70. The summed E-state index contributed by atoms with van der Waals surface area (Å²) in [6.45, 7) is 0. The van der Waals surface area contributed by atoms with Crippen molar-refractivity contribution in [1.29, 1.82) is 0 Å². The molecule has 8 aromatic carbocycles. The lowest BCUT2D eigenvalue weighted by Gasteiger charge is -2.26. The van der Waals surface area contributed by atoms with Crippen molar-refractivity contribution in [2.45, 2.75) is 0 Å². The van der Waals surface area contributed by atoms with Crippen LogP contribution in [0.2, 0.25) is 0 Å². The van der Waals surface area contributed by atoms with Crippen LogP contribution in [-0.4, -0.2) is 0 Å². The molecule has 196 valence electrons. The first-order chi connectivity index (χ1) is 20.8. The first kappa shape index (κ1) is 23.1. The Labute approximate surface area is 242 Å². The Morgan fingerprint density at radius 2 is 0.952 bits per heavy atom. The largest absolute Gasteiger partial charge is 0.455 e. The normalized spacial score (nSPS) is 11.8. The molecule has 2 heteroatoms. The van der Waals surface area contributed by atoms with Gasteiger partial charge in [0.05, 0.1) is 0 Å². The molecule has 0 spiro atoms. The van der Waals surface area contributed by atoms with Gasteiger partial charge in [-0.3, -0.25) is 0 Å². The number of fused-ring (bicyclic) bond motifs is 11. The van der Waals surface area contributed by atoms with Crippen LogP contribution in [0.15, 0.2) is 156 Å². The van der Waals surface area contributed by atoms with E-state index in [0.717, 1.165) is 39.0 Å². The van der Waals surface area contributed by atoms with E-state index in [-0.39, 0.29) is 0 Å². The molecule has 0 radical (unpaired) electrons. The highest BCUT2D eigenvalue weighted by Gasteiger charge is 2.18. The number of hydrogen-bond acceptors (Lipinski definition) is 2. The minimum Gasteiger partial charge on any atom is -0.455 e. The Bertz CT molecular complexity index is 2470. The first-order valence-corrected chi connectivity index (χ1v) is 14.4. The number of furan rings is 1. The predicted molar refractivity (Wildman–Crippen MR) is 178 cm³/mol. The van der Waals surface area contributed by atoms with Gasteiger partial charge in [-0.15, -0.1) is 0 Å². The van der Waals surface area contributed by atoms with Crippen molar-refractivity contribution in [2.75, 3.05) is 4.90 Å². The van der Waals surface area contributed by atoms with Crippen LogP contribution >= 0.6 is 0 Å². The first-order valence-electron chi connectivity index (χ1n) is 14.4. The van der Waals surface area contributed by atoms with E-state index in [1.54, 1.807) is 0 Å². The van der Waals surface area contributed by atoms with E-state index in [0.29, 0.717) is 0 Å². The van der Waals surface area contributed by atoms with Crippen molar-refractivity contribution >= 4 is 82.1 Å². The van der Waals surface area contributed by atoms with E-state index in [9.17, 15) is 0 Å². The number of rotatable bonds is 3. The molecule has 1 heterocycles. The number of nitrogens with zero attached hydrogens (tertiary/aromatic N) is 1. The second-order valence-electron chi connectivity index (χ2n) is 10.9. The van der Waals surface area contributed by atoms with Crippen LogP contribution in [-0.2, 0) is 0 Å². The Hall–Kier alpha value is -5.60. The van der Waals surface area contributed by atoms with Gasteiger partial charge in [0.1, 0.15) is 11.2 Å². The lowest BCUT2D eigenvalue weighted by atomic mass is 9.93. The van der Waals surface area contributed by atoms with E-state index in [1.165, 1.54) is 43.1 Å². The van der Waals surface area contributed by atoms with Gasteiger partial charge < -0.3 is 9.32 Å². The van der Waals surface area contributed by atoms with Crippen molar-refractivity contribution in [3.8, 4) is 0 Å². The summed E-state index contributed by atoms with van der Waals surface area (Å²) in [5.41, 5.74) is 5.27. The summed E-state index contributed by atoms with van der Waals surface area (Å²) in [5.74, 6) is 0. The van der Waals surface area contributed by atoms with Crippen molar-refractivity contribution < 1.29 is 4.42 Å². The molecule has 0 saturated heterocycles. The highest BCUT2D eigenvalue weighted by molar-refractivity contribution is 6.34. The molecular formula is C40H25NO. The number of para-hydroxylation sites is 2. The van der Waals surface area contributed by atoms with Crippen LogP contribution in [0.4, 0.5) is 17.1 Å². The molecule has 0 aliphatic rings. The molecule has 0 bridgehead atoms. The topological polar surface area (TPSA) is 16.4 Å². The van der Waals surface area contributed by atoms with E-state index in [4.69, 9.17) is 4.42 Å². The molecule has 0 fully saturated rings. The molecular weight excluding hydrogens is 510 g/mol. The molecule has 0 amide bonds. The van der Waals surface area contributed by atoms with Gasteiger partial charge >= 0.3 is 0 Å². The quantitative estimate of drug-likeness (QED) is 0.209. The molecule has 1 aromatic heterocycles. The van der Waals surface area contributed by atoms with Crippen LogP contribution in [0.3, 0.4) is 0 Å². The standard InChI is InChI=1S/C40H25NO/c1-2-12-29(13-3-1)41(30-20-18-26-10-4-5-11-27(26)24-30)31-21-23-32-28(25-31)19-22-36-38(32)33-14-6-7-15-34(33)39-35-16-8-9-17-37(35)42-40(36)39/h1-25H. The Morgan fingerprint density at radius 3 is 1.79 bits per heavy atom. The van der Waals surface area contributed by atoms with Gasteiger partial charge in [0.25, 0.3) is 0 Å². The molecule has 42 heavy (non-hydrogen) atoms. The predicted octanol–water partition coefficient (Wildman–Crippen LogP) is 11.7. The summed E-state index contributed by atoms with van der Waals surface area (Å²) >= 11 is 0. The Morgan fingerprint density at radius 1 is 0.357 bits per heavy atom. The molecule has 0 aliphatic heterocycles. The van der Waals surface area contributed by atoms with Crippen LogP contribution in [0.1, 0.15) is 0 Å². The molecule has 2 nitrogen and oxygen atoms in total. The van der Waals surface area contributed by atoms with Gasteiger partial charge in [0, 0.05) is 38.6 Å². The highest BCUT2D eigenvalue weighted by atomic mass is 16.3. The number of hydrogen-bond donors (Lipinski definition) is 0. The minimum atomic E-state index is 0.925. The fourth-order valence-electron chi connectivity index (χ4n) is 6.70. The maximum atomic E-state index is 6.53. The fraction of sp³-hybridized carbons (Fsp3) is 0. The second-order valence-corrected chi connectivity index (χ2v) is 10.9. The van der Waals surface area contributed by atoms with Gasteiger partial charge in [-0.2, -0.15) is 0 Å². The summed E-state index contributed by atoms with van der Waals surface area (Å²) in [6.07, 6.45) is 0. The van der Waals surface area contributed by atoms with Gasteiger partial charge in [-0.25, -0.2) is 0 Å². The van der Waals surface area contributed by atoms with E-state index < -0.39 is 0 Å². The lowest BCUT2D eigenvalue weighted by Crippen LogP contribution is -2.09. The van der Waals surface area contributed by atoms with Crippen molar-refractivity contribution in [3.05, 3.63) is 152 Å². The zero-order valence-electron chi connectivity index (χ0n) is 22.8. The monoisotopic (exact) mass is 535 g/mol. The maximum Gasteiger partial charge on any atom is 0.143 e. The third kappa shape index (κ3) is 3.39. The van der Waals surface area contributed by atoms with Crippen LogP contribution < -0.4 is 4.90 Å². The van der Waals surface area contributed by atoms with Gasteiger partial charge in [-0.1, -0.05) is 103 Å². The SMILES string of the molecule is c1ccc(N(c2ccc3ccccc3c2)c2ccc3c(ccc4c5oc6ccccc6c5c5ccccc5c34)c2)cc1. The second kappa shape index (κ2) is 8.95. The minimum absolute atomic E-state index is 0.925. The third-order valence-electron chi connectivity index (χ3n) is 8.57. The molecule has 0 N–H and O–H groups in total. The lowest BCUT2D eigenvalue weighted by molar-refractivity contribution is 0.673. The Kier molecular flexibility index (Phi) is 4.93. The summed E-state index contributed by atoms with van der Waals surface area (Å²) in [7, 11) is 0. The molecule has 0 saturated carbocycles. The number of anilines is 3. The summed E-state index contributed by atoms with van der Waals surface area (Å²) in [4.78, 5) is 2.34. The van der Waals surface area contributed by atoms with Crippen molar-refractivity contribution in [2.24, 2.45) is 0 Å². The van der Waals surface area contributed by atoms with Crippen LogP contribution in [0.5, 0.6) is 0 Å². The zero-order chi connectivity index (χ0) is 27.6. The summed E-state index contributed by atoms with van der Waals surface area (Å²) in [6, 6.07) is 54.3. The van der Waals surface area contributed by atoms with Gasteiger partial charge in [-0.05, 0) is 80.8 Å². The summed E-state index contributed by atoms with van der Waals surface area (Å²) < 4.78 is 6.53. The molecule has 9 aromatic rings. The molecule has 0 unspecified atom stereocenters. The molecule has 0 aliphatic carbocycles. The highest BCUT2D eigenvalue weighted by Crippen LogP contribution is 2.44. The smallest absolute Gasteiger partial charge is 0.143 e. The van der Waals surface area contributed by atoms with Gasteiger partial charge in [0.15, 0.2) is 0 Å². The summed E-state index contributed by atoms with van der Waals surface area (Å²) in [5, 5.41) is 12.1. The van der Waals surface area contributed by atoms with E-state index in [1.807, 2.05) is 6.07 Å².